The third-order valence-electron chi connectivity index (χ3n) is 5.91. The minimum atomic E-state index is -3.33. The van der Waals surface area contributed by atoms with Crippen LogP contribution >= 0.6 is 0 Å². The lowest BCUT2D eigenvalue weighted by Gasteiger charge is -2.28. The van der Waals surface area contributed by atoms with Crippen LogP contribution in [0.1, 0.15) is 58.3 Å². The van der Waals surface area contributed by atoms with Gasteiger partial charge in [0.05, 0.1) is 22.9 Å². The highest BCUT2D eigenvalue weighted by atomic mass is 32.2. The van der Waals surface area contributed by atoms with Crippen molar-refractivity contribution < 1.29 is 17.9 Å². The van der Waals surface area contributed by atoms with Crippen LogP contribution in [0, 0.1) is 5.92 Å². The monoisotopic (exact) mass is 408 g/mol. The Hall–Kier alpha value is -1.60. The zero-order chi connectivity index (χ0) is 20.0. The molecule has 2 N–H and O–H groups in total. The summed E-state index contributed by atoms with van der Waals surface area (Å²) in [6.07, 6.45) is 8.45. The molecule has 3 rings (SSSR count). The molecule has 0 aromatic heterocycles. The molecule has 0 unspecified atom stereocenters. The number of sulfone groups is 1. The maximum Gasteiger partial charge on any atom is 0.319 e. The van der Waals surface area contributed by atoms with Gasteiger partial charge in [-0.3, -0.25) is 0 Å². The Balaban J connectivity index is 1.46. The number of hydrogen-bond donors (Lipinski definition) is 2. The van der Waals surface area contributed by atoms with E-state index in [1.165, 1.54) is 19.3 Å². The molecule has 2 atom stereocenters. The van der Waals surface area contributed by atoms with Crippen LogP contribution in [0.3, 0.4) is 0 Å². The van der Waals surface area contributed by atoms with Crippen LogP contribution in [0.15, 0.2) is 29.2 Å². The lowest BCUT2D eigenvalue weighted by molar-refractivity contribution is -0.00232. The molecule has 2 aliphatic rings. The molecule has 1 aromatic carbocycles. The normalized spacial score (nSPS) is 23.5. The van der Waals surface area contributed by atoms with E-state index in [2.05, 4.69) is 17.6 Å². The number of amides is 2. The minimum absolute atomic E-state index is 0.284. The summed E-state index contributed by atoms with van der Waals surface area (Å²) in [5, 5.41) is 5.20. The number of carbonyl (C=O) groups is 1. The maximum atomic E-state index is 12.7. The lowest BCUT2D eigenvalue weighted by Crippen LogP contribution is -2.34. The van der Waals surface area contributed by atoms with E-state index in [4.69, 9.17) is 4.74 Å². The number of urea groups is 1. The third kappa shape index (κ3) is 5.47. The van der Waals surface area contributed by atoms with Gasteiger partial charge in [-0.05, 0) is 49.8 Å². The maximum absolute atomic E-state index is 12.7. The molecular weight excluding hydrogens is 376 g/mol. The molecule has 2 saturated carbocycles. The molecule has 156 valence electrons. The number of carbonyl (C=O) groups excluding carboxylic acids is 1. The molecule has 0 aliphatic heterocycles. The summed E-state index contributed by atoms with van der Waals surface area (Å²) in [5.74, 6) is 0.576. The van der Waals surface area contributed by atoms with Crippen molar-refractivity contribution in [3.8, 4) is 0 Å². The Labute approximate surface area is 168 Å². The predicted octanol–water partition coefficient (Wildman–Crippen LogP) is 4.12. The molecule has 0 heterocycles. The summed E-state index contributed by atoms with van der Waals surface area (Å²) in [6, 6.07) is 6.18. The van der Waals surface area contributed by atoms with Gasteiger partial charge in [-0.25, -0.2) is 13.2 Å². The fourth-order valence-electron chi connectivity index (χ4n) is 4.22. The first-order valence-corrected chi connectivity index (χ1v) is 12.0. The third-order valence-corrected chi connectivity index (χ3v) is 8.17. The molecule has 1 aromatic rings. The van der Waals surface area contributed by atoms with Crippen molar-refractivity contribution in [3.63, 3.8) is 0 Å². The average Bonchev–Trinajstić information content (AvgIpc) is 3.22. The summed E-state index contributed by atoms with van der Waals surface area (Å²) in [4.78, 5) is 12.4. The minimum Gasteiger partial charge on any atom is -0.376 e. The molecule has 0 radical (unpaired) electrons. The topological polar surface area (TPSA) is 84.5 Å². The number of nitrogens with one attached hydrogen (secondary N) is 2. The first-order valence-electron chi connectivity index (χ1n) is 10.5. The fourth-order valence-corrected chi connectivity index (χ4v) is 6.12. The molecule has 2 amide bonds. The van der Waals surface area contributed by atoms with Crippen LogP contribution in [-0.4, -0.2) is 39.0 Å². The van der Waals surface area contributed by atoms with Crippen molar-refractivity contribution in [2.24, 2.45) is 5.92 Å². The summed E-state index contributed by atoms with van der Waals surface area (Å²) in [6.45, 7) is 3.13. The lowest BCUT2D eigenvalue weighted by atomic mass is 9.88. The quantitative estimate of drug-likeness (QED) is 0.665. The smallest absolute Gasteiger partial charge is 0.319 e. The Kier molecular flexibility index (Phi) is 7.35. The second-order valence-corrected chi connectivity index (χ2v) is 10.3. The molecule has 0 saturated heterocycles. The van der Waals surface area contributed by atoms with Crippen molar-refractivity contribution in [1.82, 2.24) is 5.32 Å². The van der Waals surface area contributed by atoms with Crippen LogP contribution in [-0.2, 0) is 14.6 Å². The van der Waals surface area contributed by atoms with Gasteiger partial charge >= 0.3 is 6.03 Å². The number of benzene rings is 1. The van der Waals surface area contributed by atoms with E-state index in [1.807, 2.05) is 0 Å². The average molecular weight is 409 g/mol. The van der Waals surface area contributed by atoms with Crippen molar-refractivity contribution >= 4 is 21.6 Å². The number of ether oxygens (including phenoxy) is 1. The summed E-state index contributed by atoms with van der Waals surface area (Å²) in [7, 11) is -3.33. The van der Waals surface area contributed by atoms with Crippen LogP contribution in [0.25, 0.3) is 0 Å². The van der Waals surface area contributed by atoms with Gasteiger partial charge in [0, 0.05) is 12.2 Å². The highest BCUT2D eigenvalue weighted by Gasteiger charge is 2.30. The Morgan fingerprint density at radius 2 is 1.82 bits per heavy atom. The molecule has 6 nitrogen and oxygen atoms in total. The number of anilines is 1. The molecule has 28 heavy (non-hydrogen) atoms. The first-order chi connectivity index (χ1) is 13.5. The molecule has 2 aliphatic carbocycles. The van der Waals surface area contributed by atoms with Crippen molar-refractivity contribution in [1.29, 1.82) is 0 Å². The van der Waals surface area contributed by atoms with Gasteiger partial charge in [0.25, 0.3) is 0 Å². The summed E-state index contributed by atoms with van der Waals surface area (Å²) in [5.41, 5.74) is 0.485. The van der Waals surface area contributed by atoms with E-state index >= 15 is 0 Å². The van der Waals surface area contributed by atoms with Gasteiger partial charge in [-0.2, -0.15) is 0 Å². The highest BCUT2D eigenvalue weighted by molar-refractivity contribution is 7.92. The zero-order valence-electron chi connectivity index (χ0n) is 16.7. The summed E-state index contributed by atoms with van der Waals surface area (Å²) >= 11 is 0. The standard InChI is InChI=1S/C21H32N2O4S/c1-16-7-2-5-12-20(16)27-14-13-22-21(24)23-17-8-6-11-19(15-17)28(25,26)18-9-3-4-10-18/h6,8,11,15-16,18,20H,2-5,7,9-10,12-14H2,1H3,(H2,22,23,24)/t16-,20-/m1/s1. The second kappa shape index (κ2) is 9.74. The number of hydrogen-bond acceptors (Lipinski definition) is 4. The Morgan fingerprint density at radius 1 is 1.11 bits per heavy atom. The predicted molar refractivity (Wildman–Crippen MR) is 110 cm³/mol. The van der Waals surface area contributed by atoms with Gasteiger partial charge in [-0.15, -0.1) is 0 Å². The van der Waals surface area contributed by atoms with E-state index in [9.17, 15) is 13.2 Å². The molecule has 2 fully saturated rings. The highest BCUT2D eigenvalue weighted by Crippen LogP contribution is 2.30. The number of rotatable bonds is 7. The largest absolute Gasteiger partial charge is 0.376 e. The second-order valence-electron chi connectivity index (χ2n) is 8.03. The van der Waals surface area contributed by atoms with Gasteiger partial charge < -0.3 is 15.4 Å². The van der Waals surface area contributed by atoms with Crippen LogP contribution in [0.4, 0.5) is 10.5 Å². The van der Waals surface area contributed by atoms with Gasteiger partial charge in [0.2, 0.25) is 0 Å². The van der Waals surface area contributed by atoms with E-state index in [0.717, 1.165) is 32.1 Å². The van der Waals surface area contributed by atoms with Crippen LogP contribution < -0.4 is 10.6 Å². The first kappa shape index (κ1) is 21.1. The van der Waals surface area contributed by atoms with E-state index < -0.39 is 9.84 Å². The van der Waals surface area contributed by atoms with Crippen LogP contribution in [0.5, 0.6) is 0 Å². The van der Waals surface area contributed by atoms with Crippen molar-refractivity contribution in [2.45, 2.75) is 74.5 Å². The van der Waals surface area contributed by atoms with Gasteiger partial charge in [0.1, 0.15) is 0 Å². The van der Waals surface area contributed by atoms with Gasteiger partial charge in [-0.1, -0.05) is 38.7 Å². The zero-order valence-corrected chi connectivity index (χ0v) is 17.5. The van der Waals surface area contributed by atoms with E-state index in [-0.39, 0.29) is 22.3 Å². The molecule has 0 spiro atoms. The van der Waals surface area contributed by atoms with Crippen molar-refractivity contribution in [3.05, 3.63) is 24.3 Å². The van der Waals surface area contributed by atoms with E-state index in [0.29, 0.717) is 24.8 Å². The van der Waals surface area contributed by atoms with Crippen LogP contribution in [0.2, 0.25) is 0 Å². The molecule has 0 bridgehead atoms. The Morgan fingerprint density at radius 3 is 2.57 bits per heavy atom. The molecular formula is C21H32N2O4S. The van der Waals surface area contributed by atoms with Crippen molar-refractivity contribution in [2.75, 3.05) is 18.5 Å². The SMILES string of the molecule is C[C@@H]1CCCC[C@H]1OCCNC(=O)Nc1cccc(S(=O)(=O)C2CCCC2)c1. The fraction of sp³-hybridized carbons (Fsp3) is 0.667. The summed E-state index contributed by atoms with van der Waals surface area (Å²) < 4.78 is 31.3. The van der Waals surface area contributed by atoms with Gasteiger partial charge in [0.15, 0.2) is 9.84 Å². The van der Waals surface area contributed by atoms with E-state index in [1.54, 1.807) is 24.3 Å². The Bertz CT molecular complexity index is 759. The molecule has 7 heteroatoms.